The van der Waals surface area contributed by atoms with Crippen LogP contribution in [0.5, 0.6) is 0 Å². The SMILES string of the molecule is CCO[C@H]1C=C(c2nc(C)c(C(=O)O)s2)CC[C@H]1NC(=O)c1nc(Cl)c(CC)[nH]1. The number of hydrogen-bond acceptors (Lipinski definition) is 6. The maximum absolute atomic E-state index is 12.6. The van der Waals surface area contributed by atoms with Crippen molar-refractivity contribution in [1.29, 1.82) is 0 Å². The first-order valence-electron chi connectivity index (χ1n) is 9.42. The Morgan fingerprint density at radius 2 is 2.17 bits per heavy atom. The van der Waals surface area contributed by atoms with E-state index in [0.29, 0.717) is 41.7 Å². The fourth-order valence-corrected chi connectivity index (χ4v) is 4.48. The molecule has 3 rings (SSSR count). The molecule has 3 N–H and O–H groups in total. The predicted octanol–water partition coefficient (Wildman–Crippen LogP) is 3.47. The molecular formula is C19H23ClN4O4S. The van der Waals surface area contributed by atoms with Crippen molar-refractivity contribution in [3.63, 3.8) is 0 Å². The summed E-state index contributed by atoms with van der Waals surface area (Å²) in [6.07, 6.45) is 3.52. The first kappa shape index (κ1) is 21.5. The minimum absolute atomic E-state index is 0.179. The fourth-order valence-electron chi connectivity index (χ4n) is 3.26. The molecule has 0 radical (unpaired) electrons. The van der Waals surface area contributed by atoms with Crippen molar-refractivity contribution in [2.24, 2.45) is 0 Å². The number of H-pyrrole nitrogens is 1. The summed E-state index contributed by atoms with van der Waals surface area (Å²) in [4.78, 5) is 35.6. The number of nitrogens with one attached hydrogen (secondary N) is 2. The largest absolute Gasteiger partial charge is 0.477 e. The van der Waals surface area contributed by atoms with Gasteiger partial charge in [0, 0.05) is 6.61 Å². The number of allylic oxidation sites excluding steroid dienone is 1. The van der Waals surface area contributed by atoms with Gasteiger partial charge in [0.15, 0.2) is 11.0 Å². The number of thiazole rings is 1. The minimum atomic E-state index is -0.974. The second kappa shape index (κ2) is 9.06. The molecule has 0 unspecified atom stereocenters. The molecule has 10 heteroatoms. The number of aromatic carboxylic acids is 1. The van der Waals surface area contributed by atoms with E-state index in [-0.39, 0.29) is 28.8 Å². The fraction of sp³-hybridized carbons (Fsp3) is 0.474. The van der Waals surface area contributed by atoms with Gasteiger partial charge in [-0.05, 0) is 44.8 Å². The molecule has 2 aromatic rings. The van der Waals surface area contributed by atoms with Crippen LogP contribution in [0.1, 0.15) is 63.4 Å². The van der Waals surface area contributed by atoms with E-state index >= 15 is 0 Å². The minimum Gasteiger partial charge on any atom is -0.477 e. The van der Waals surface area contributed by atoms with Crippen molar-refractivity contribution in [1.82, 2.24) is 20.3 Å². The van der Waals surface area contributed by atoms with Gasteiger partial charge < -0.3 is 20.1 Å². The normalized spacial score (nSPS) is 19.1. The lowest BCUT2D eigenvalue weighted by atomic mass is 9.92. The number of hydrogen-bond donors (Lipinski definition) is 3. The molecule has 2 aromatic heterocycles. The van der Waals surface area contributed by atoms with Gasteiger partial charge in [-0.1, -0.05) is 18.5 Å². The lowest BCUT2D eigenvalue weighted by Crippen LogP contribution is -2.45. The number of carboxylic acid groups (broad SMARTS) is 1. The van der Waals surface area contributed by atoms with Crippen LogP contribution in [-0.4, -0.2) is 50.7 Å². The number of ether oxygens (including phenoxy) is 1. The molecule has 0 saturated carbocycles. The molecule has 0 fully saturated rings. The Morgan fingerprint density at radius 1 is 1.41 bits per heavy atom. The monoisotopic (exact) mass is 438 g/mol. The highest BCUT2D eigenvalue weighted by atomic mass is 35.5. The average molecular weight is 439 g/mol. The summed E-state index contributed by atoms with van der Waals surface area (Å²) in [5, 5.41) is 13.2. The summed E-state index contributed by atoms with van der Waals surface area (Å²) in [5.74, 6) is -1.13. The lowest BCUT2D eigenvalue weighted by molar-refractivity contribution is 0.0564. The number of carbonyl (C=O) groups is 2. The summed E-state index contributed by atoms with van der Waals surface area (Å²) in [6, 6.07) is -0.236. The van der Waals surface area contributed by atoms with Crippen molar-refractivity contribution in [2.75, 3.05) is 6.61 Å². The summed E-state index contributed by atoms with van der Waals surface area (Å²) in [5.41, 5.74) is 2.16. The van der Waals surface area contributed by atoms with Gasteiger partial charge in [0.25, 0.3) is 5.91 Å². The Morgan fingerprint density at radius 3 is 2.76 bits per heavy atom. The maximum atomic E-state index is 12.6. The van der Waals surface area contributed by atoms with E-state index in [4.69, 9.17) is 16.3 Å². The number of nitrogens with zero attached hydrogens (tertiary/aromatic N) is 2. The molecule has 29 heavy (non-hydrogen) atoms. The molecule has 2 heterocycles. The van der Waals surface area contributed by atoms with Crippen molar-refractivity contribution in [3.05, 3.63) is 38.3 Å². The molecule has 0 aromatic carbocycles. The highest BCUT2D eigenvalue weighted by molar-refractivity contribution is 7.14. The highest BCUT2D eigenvalue weighted by Gasteiger charge is 2.30. The van der Waals surface area contributed by atoms with Crippen LogP contribution in [0.15, 0.2) is 6.08 Å². The molecule has 8 nitrogen and oxygen atoms in total. The van der Waals surface area contributed by atoms with E-state index in [2.05, 4.69) is 20.3 Å². The molecule has 156 valence electrons. The third-order valence-electron chi connectivity index (χ3n) is 4.72. The lowest BCUT2D eigenvalue weighted by Gasteiger charge is -2.30. The molecular weight excluding hydrogens is 416 g/mol. The van der Waals surface area contributed by atoms with Crippen molar-refractivity contribution in [3.8, 4) is 0 Å². The van der Waals surface area contributed by atoms with Crippen molar-refractivity contribution in [2.45, 2.75) is 52.2 Å². The van der Waals surface area contributed by atoms with Crippen LogP contribution in [0.4, 0.5) is 0 Å². The number of imidazole rings is 1. The van der Waals surface area contributed by atoms with Gasteiger partial charge in [-0.15, -0.1) is 11.3 Å². The number of halogens is 1. The quantitative estimate of drug-likeness (QED) is 0.609. The number of carboxylic acids is 1. The number of carbonyl (C=O) groups excluding carboxylic acids is 1. The predicted molar refractivity (Wildman–Crippen MR) is 111 cm³/mol. The maximum Gasteiger partial charge on any atom is 0.347 e. The molecule has 0 spiro atoms. The summed E-state index contributed by atoms with van der Waals surface area (Å²) in [6.45, 7) is 5.98. The second-order valence-corrected chi connectivity index (χ2v) is 8.03. The van der Waals surface area contributed by atoms with E-state index in [0.717, 1.165) is 22.6 Å². The zero-order valence-electron chi connectivity index (χ0n) is 16.4. The molecule has 2 atom stereocenters. The van der Waals surface area contributed by atoms with Crippen LogP contribution in [-0.2, 0) is 11.2 Å². The molecule has 1 amide bonds. The van der Waals surface area contributed by atoms with E-state index in [1.807, 2.05) is 19.9 Å². The topological polar surface area (TPSA) is 117 Å². The van der Waals surface area contributed by atoms with Crippen LogP contribution in [0.3, 0.4) is 0 Å². The molecule has 0 saturated heterocycles. The zero-order chi connectivity index (χ0) is 21.1. The van der Waals surface area contributed by atoms with Crippen LogP contribution in [0.25, 0.3) is 5.57 Å². The van der Waals surface area contributed by atoms with Crippen LogP contribution >= 0.6 is 22.9 Å². The van der Waals surface area contributed by atoms with E-state index in [9.17, 15) is 14.7 Å². The zero-order valence-corrected chi connectivity index (χ0v) is 18.0. The molecule has 0 bridgehead atoms. The summed E-state index contributed by atoms with van der Waals surface area (Å²) >= 11 is 7.19. The smallest absolute Gasteiger partial charge is 0.347 e. The summed E-state index contributed by atoms with van der Waals surface area (Å²) in [7, 11) is 0. The Kier molecular flexibility index (Phi) is 6.71. The molecule has 0 aliphatic heterocycles. The average Bonchev–Trinajstić information content (AvgIpc) is 3.26. The second-order valence-electron chi connectivity index (χ2n) is 6.68. The first-order chi connectivity index (χ1) is 13.8. The van der Waals surface area contributed by atoms with Crippen molar-refractivity contribution < 1.29 is 19.4 Å². The van der Waals surface area contributed by atoms with Gasteiger partial charge in [0.2, 0.25) is 0 Å². The molecule has 1 aliphatic carbocycles. The highest BCUT2D eigenvalue weighted by Crippen LogP contribution is 2.32. The van der Waals surface area contributed by atoms with Gasteiger partial charge in [-0.2, -0.15) is 0 Å². The number of aromatic nitrogens is 3. The number of aromatic amines is 1. The van der Waals surface area contributed by atoms with Crippen LogP contribution in [0.2, 0.25) is 5.15 Å². The van der Waals surface area contributed by atoms with Crippen LogP contribution in [0, 0.1) is 6.92 Å². The third-order valence-corrected chi connectivity index (χ3v) is 6.26. The Hall–Kier alpha value is -2.23. The Bertz CT molecular complexity index is 952. The van der Waals surface area contributed by atoms with Gasteiger partial charge in [0.05, 0.1) is 23.5 Å². The third kappa shape index (κ3) is 4.68. The van der Waals surface area contributed by atoms with E-state index < -0.39 is 5.97 Å². The number of aryl methyl sites for hydroxylation is 2. The van der Waals surface area contributed by atoms with Crippen molar-refractivity contribution >= 4 is 40.4 Å². The van der Waals surface area contributed by atoms with Gasteiger partial charge >= 0.3 is 5.97 Å². The summed E-state index contributed by atoms with van der Waals surface area (Å²) < 4.78 is 5.83. The molecule has 1 aliphatic rings. The first-order valence-corrected chi connectivity index (χ1v) is 10.6. The van der Waals surface area contributed by atoms with E-state index in [1.54, 1.807) is 6.92 Å². The standard InChI is InChI=1S/C19H23ClN4O4S/c1-4-11-15(20)24-16(22-11)17(25)23-12-7-6-10(8-13(12)28-5-2)18-21-9(3)14(29-18)19(26)27/h8,12-13H,4-7H2,1-3H3,(H,22,24)(H,23,25)(H,26,27)/t12-,13+/m1/s1. The Balaban J connectivity index is 1.78. The van der Waals surface area contributed by atoms with Gasteiger partial charge in [-0.3, -0.25) is 4.79 Å². The van der Waals surface area contributed by atoms with E-state index in [1.165, 1.54) is 0 Å². The van der Waals surface area contributed by atoms with Gasteiger partial charge in [-0.25, -0.2) is 14.8 Å². The Labute approximate surface area is 177 Å². The van der Waals surface area contributed by atoms with Crippen LogP contribution < -0.4 is 5.32 Å². The number of amides is 1. The van der Waals surface area contributed by atoms with Gasteiger partial charge in [0.1, 0.15) is 9.88 Å². The number of rotatable bonds is 7.